The zero-order valence-electron chi connectivity index (χ0n) is 12.0. The molecule has 1 fully saturated rings. The van der Waals surface area contributed by atoms with Gasteiger partial charge in [-0.1, -0.05) is 25.1 Å². The first-order valence-corrected chi connectivity index (χ1v) is 7.67. The molecule has 0 aromatic heterocycles. The summed E-state index contributed by atoms with van der Waals surface area (Å²) >= 11 is 0. The lowest BCUT2D eigenvalue weighted by Crippen LogP contribution is -2.34. The van der Waals surface area contributed by atoms with Crippen LogP contribution in [-0.4, -0.2) is 17.8 Å². The van der Waals surface area contributed by atoms with Gasteiger partial charge in [-0.05, 0) is 61.1 Å². The molecule has 1 aromatic rings. The molecule has 2 aliphatic rings. The number of rotatable bonds is 5. The van der Waals surface area contributed by atoms with Crippen molar-refractivity contribution in [2.45, 2.75) is 57.5 Å². The van der Waals surface area contributed by atoms with Crippen molar-refractivity contribution in [3.05, 3.63) is 34.9 Å². The molecule has 2 heteroatoms. The smallest absolute Gasteiger partial charge is 0.0445 e. The Morgan fingerprint density at radius 2 is 2.16 bits per heavy atom. The Balaban J connectivity index is 1.78. The maximum Gasteiger partial charge on any atom is 0.0445 e. The van der Waals surface area contributed by atoms with Crippen molar-refractivity contribution in [3.8, 4) is 0 Å². The maximum atomic E-state index is 9.24. The maximum absolute atomic E-state index is 9.24. The highest BCUT2D eigenvalue weighted by atomic mass is 16.3. The molecule has 0 radical (unpaired) electrons. The van der Waals surface area contributed by atoms with Crippen molar-refractivity contribution in [1.29, 1.82) is 0 Å². The van der Waals surface area contributed by atoms with E-state index in [4.69, 9.17) is 0 Å². The van der Waals surface area contributed by atoms with Crippen LogP contribution in [0.15, 0.2) is 18.2 Å². The van der Waals surface area contributed by atoms with Crippen molar-refractivity contribution in [3.63, 3.8) is 0 Å². The van der Waals surface area contributed by atoms with Crippen LogP contribution in [0.4, 0.5) is 0 Å². The molecule has 2 N–H and O–H groups in total. The minimum Gasteiger partial charge on any atom is -0.396 e. The highest BCUT2D eigenvalue weighted by molar-refractivity contribution is 5.43. The second kappa shape index (κ2) is 5.26. The number of aliphatic hydroxyl groups is 1. The fourth-order valence-corrected chi connectivity index (χ4v) is 3.79. The Morgan fingerprint density at radius 1 is 1.37 bits per heavy atom. The lowest BCUT2D eigenvalue weighted by molar-refractivity contribution is 0.247. The Labute approximate surface area is 116 Å². The van der Waals surface area contributed by atoms with Crippen molar-refractivity contribution in [2.24, 2.45) is 5.92 Å². The highest BCUT2D eigenvalue weighted by Gasteiger charge is 2.35. The topological polar surface area (TPSA) is 32.3 Å². The molecule has 0 saturated heterocycles. The van der Waals surface area contributed by atoms with Gasteiger partial charge in [0.2, 0.25) is 0 Å². The Morgan fingerprint density at radius 3 is 2.84 bits per heavy atom. The Kier molecular flexibility index (Phi) is 3.64. The molecule has 2 nitrogen and oxygen atoms in total. The molecule has 1 aromatic carbocycles. The molecule has 104 valence electrons. The van der Waals surface area contributed by atoms with Crippen molar-refractivity contribution >= 4 is 0 Å². The third-order valence-corrected chi connectivity index (χ3v) is 4.86. The molecular formula is C17H25NO. The van der Waals surface area contributed by atoms with Gasteiger partial charge in [0.15, 0.2) is 0 Å². The first kappa shape index (κ1) is 13.1. The summed E-state index contributed by atoms with van der Waals surface area (Å²) in [6.07, 6.45) is 4.77. The minimum atomic E-state index is 0.303. The first-order valence-electron chi connectivity index (χ1n) is 7.67. The minimum absolute atomic E-state index is 0.303. The second-order valence-electron chi connectivity index (χ2n) is 6.39. The molecule has 2 aliphatic carbocycles. The standard InChI is InChI=1S/C17H25NO/c1-11-4-3-5-14-16(10-12(2)17(11)14)18-15(8-9-19)13-6-7-13/h3-5,12-13,15-16,18-19H,6-10H2,1-2H3. The summed E-state index contributed by atoms with van der Waals surface area (Å²) < 4.78 is 0. The van der Waals surface area contributed by atoms with E-state index in [-0.39, 0.29) is 0 Å². The predicted octanol–water partition coefficient (Wildman–Crippen LogP) is 3.29. The number of nitrogens with one attached hydrogen (secondary N) is 1. The van der Waals surface area contributed by atoms with E-state index in [1.54, 1.807) is 5.56 Å². The van der Waals surface area contributed by atoms with Crippen LogP contribution in [0.3, 0.4) is 0 Å². The average Bonchev–Trinajstić information content (AvgIpc) is 3.16. The number of hydrogen-bond acceptors (Lipinski definition) is 2. The lowest BCUT2D eigenvalue weighted by Gasteiger charge is -2.23. The number of fused-ring (bicyclic) bond motifs is 1. The van der Waals surface area contributed by atoms with Gasteiger partial charge in [0.05, 0.1) is 0 Å². The molecule has 1 saturated carbocycles. The van der Waals surface area contributed by atoms with Gasteiger partial charge in [-0.3, -0.25) is 0 Å². The molecule has 3 rings (SSSR count). The summed E-state index contributed by atoms with van der Waals surface area (Å²) in [5.74, 6) is 1.46. The molecule has 19 heavy (non-hydrogen) atoms. The third kappa shape index (κ3) is 2.56. The zero-order chi connectivity index (χ0) is 13.4. The molecule has 0 bridgehead atoms. The molecule has 3 atom stereocenters. The van der Waals surface area contributed by atoms with E-state index in [9.17, 15) is 5.11 Å². The largest absolute Gasteiger partial charge is 0.396 e. The van der Waals surface area contributed by atoms with Crippen LogP contribution >= 0.6 is 0 Å². The summed E-state index contributed by atoms with van der Waals surface area (Å²) in [5, 5.41) is 13.1. The molecule has 0 spiro atoms. The van der Waals surface area contributed by atoms with Gasteiger partial charge in [-0.15, -0.1) is 0 Å². The van der Waals surface area contributed by atoms with E-state index in [0.29, 0.717) is 24.6 Å². The molecule has 0 heterocycles. The Hall–Kier alpha value is -0.860. The van der Waals surface area contributed by atoms with Crippen molar-refractivity contribution in [2.75, 3.05) is 6.61 Å². The van der Waals surface area contributed by atoms with Crippen LogP contribution in [0.5, 0.6) is 0 Å². The van der Waals surface area contributed by atoms with Crippen LogP contribution in [0, 0.1) is 12.8 Å². The zero-order valence-corrected chi connectivity index (χ0v) is 12.0. The summed E-state index contributed by atoms with van der Waals surface area (Å²) in [5.41, 5.74) is 4.48. The third-order valence-electron chi connectivity index (χ3n) is 4.86. The highest BCUT2D eigenvalue weighted by Crippen LogP contribution is 2.43. The van der Waals surface area contributed by atoms with Gasteiger partial charge in [-0.25, -0.2) is 0 Å². The van der Waals surface area contributed by atoms with Gasteiger partial charge < -0.3 is 10.4 Å². The van der Waals surface area contributed by atoms with Gasteiger partial charge in [-0.2, -0.15) is 0 Å². The Bertz CT molecular complexity index is 453. The van der Waals surface area contributed by atoms with Crippen molar-refractivity contribution < 1.29 is 5.11 Å². The van der Waals surface area contributed by atoms with Crippen molar-refractivity contribution in [1.82, 2.24) is 5.32 Å². The molecule has 3 unspecified atom stereocenters. The first-order chi connectivity index (χ1) is 9.20. The average molecular weight is 259 g/mol. The monoisotopic (exact) mass is 259 g/mol. The van der Waals surface area contributed by atoms with Gasteiger partial charge >= 0.3 is 0 Å². The summed E-state index contributed by atoms with van der Waals surface area (Å²) in [6.45, 7) is 4.87. The van der Waals surface area contributed by atoms with E-state index in [1.165, 1.54) is 30.4 Å². The molecule has 0 aliphatic heterocycles. The predicted molar refractivity (Wildman–Crippen MR) is 78.3 cm³/mol. The van der Waals surface area contributed by atoms with E-state index in [0.717, 1.165) is 12.3 Å². The van der Waals surface area contributed by atoms with Gasteiger partial charge in [0, 0.05) is 18.7 Å². The lowest BCUT2D eigenvalue weighted by atomic mass is 9.98. The summed E-state index contributed by atoms with van der Waals surface area (Å²) in [7, 11) is 0. The number of benzene rings is 1. The van der Waals surface area contributed by atoms with E-state index in [2.05, 4.69) is 37.4 Å². The van der Waals surface area contributed by atoms with Crippen LogP contribution in [0.2, 0.25) is 0 Å². The fraction of sp³-hybridized carbons (Fsp3) is 0.647. The fourth-order valence-electron chi connectivity index (χ4n) is 3.79. The van der Waals surface area contributed by atoms with Gasteiger partial charge in [0.25, 0.3) is 0 Å². The van der Waals surface area contributed by atoms with Crippen LogP contribution in [0.1, 0.15) is 61.3 Å². The van der Waals surface area contributed by atoms with E-state index < -0.39 is 0 Å². The number of aryl methyl sites for hydroxylation is 1. The normalized spacial score (nSPS) is 27.3. The van der Waals surface area contributed by atoms with Crippen LogP contribution in [-0.2, 0) is 0 Å². The van der Waals surface area contributed by atoms with Crippen LogP contribution in [0.25, 0.3) is 0 Å². The number of hydrogen-bond donors (Lipinski definition) is 2. The van der Waals surface area contributed by atoms with Gasteiger partial charge in [0.1, 0.15) is 0 Å². The second-order valence-corrected chi connectivity index (χ2v) is 6.39. The SMILES string of the molecule is Cc1cccc2c1C(C)CC2NC(CCO)C1CC1. The summed E-state index contributed by atoms with van der Waals surface area (Å²) in [4.78, 5) is 0. The van der Waals surface area contributed by atoms with E-state index in [1.807, 2.05) is 0 Å². The van der Waals surface area contributed by atoms with E-state index >= 15 is 0 Å². The molecular weight excluding hydrogens is 234 g/mol. The van der Waals surface area contributed by atoms with Crippen LogP contribution < -0.4 is 5.32 Å². The quantitative estimate of drug-likeness (QED) is 0.850. The molecule has 0 amide bonds. The summed E-state index contributed by atoms with van der Waals surface area (Å²) in [6, 6.07) is 7.69. The number of aliphatic hydroxyl groups excluding tert-OH is 1.